The second-order valence-electron chi connectivity index (χ2n) is 7.25. The van der Waals surface area contributed by atoms with Crippen LogP contribution in [-0.2, 0) is 9.59 Å². The standard InChI is InChI=1S/C25H19F2NO5/c1-32-19-11-8-15(12-20(19)33-2)23(29)21-22(14-6-4-3-5-7-14)28(25(31)24(21)30)18-13-16(26)9-10-17(18)27/h3-13,22,29H,1-2H3/b23-21+. The number of halogens is 2. The molecule has 1 N–H and O–H groups in total. The van der Waals surface area contributed by atoms with E-state index in [0.29, 0.717) is 17.1 Å². The first-order valence-corrected chi connectivity index (χ1v) is 9.90. The quantitative estimate of drug-likeness (QED) is 0.348. The zero-order chi connectivity index (χ0) is 23.7. The van der Waals surface area contributed by atoms with Crippen molar-refractivity contribution in [1.29, 1.82) is 0 Å². The molecule has 33 heavy (non-hydrogen) atoms. The van der Waals surface area contributed by atoms with Gasteiger partial charge in [-0.3, -0.25) is 14.5 Å². The highest BCUT2D eigenvalue weighted by atomic mass is 19.1. The molecule has 0 aliphatic carbocycles. The lowest BCUT2D eigenvalue weighted by Crippen LogP contribution is -2.30. The molecule has 1 fully saturated rings. The summed E-state index contributed by atoms with van der Waals surface area (Å²) < 4.78 is 39.1. The lowest BCUT2D eigenvalue weighted by atomic mass is 9.95. The summed E-state index contributed by atoms with van der Waals surface area (Å²) in [6.45, 7) is 0. The molecule has 1 aliphatic heterocycles. The fourth-order valence-electron chi connectivity index (χ4n) is 3.84. The van der Waals surface area contributed by atoms with Crippen molar-refractivity contribution in [1.82, 2.24) is 0 Å². The summed E-state index contributed by atoms with van der Waals surface area (Å²) in [4.78, 5) is 27.0. The van der Waals surface area contributed by atoms with Gasteiger partial charge in [0.2, 0.25) is 0 Å². The number of benzene rings is 3. The maximum Gasteiger partial charge on any atom is 0.300 e. The van der Waals surface area contributed by atoms with Gasteiger partial charge in [-0.25, -0.2) is 8.78 Å². The number of anilines is 1. The number of amides is 1. The maximum atomic E-state index is 14.7. The molecule has 1 unspecified atom stereocenters. The third-order valence-electron chi connectivity index (χ3n) is 5.38. The Hall–Kier alpha value is -4.20. The van der Waals surface area contributed by atoms with E-state index in [-0.39, 0.29) is 11.1 Å². The minimum absolute atomic E-state index is 0.186. The summed E-state index contributed by atoms with van der Waals surface area (Å²) in [6.07, 6.45) is 0. The van der Waals surface area contributed by atoms with Crippen LogP contribution in [0, 0.1) is 11.6 Å². The summed E-state index contributed by atoms with van der Waals surface area (Å²) in [5.74, 6) is -3.57. The van der Waals surface area contributed by atoms with Gasteiger partial charge in [0.1, 0.15) is 17.4 Å². The number of rotatable bonds is 5. The lowest BCUT2D eigenvalue weighted by molar-refractivity contribution is -0.132. The van der Waals surface area contributed by atoms with Gasteiger partial charge in [0.15, 0.2) is 11.5 Å². The van der Waals surface area contributed by atoms with Crippen LogP contribution in [0.1, 0.15) is 17.2 Å². The van der Waals surface area contributed by atoms with Gasteiger partial charge >= 0.3 is 0 Å². The van der Waals surface area contributed by atoms with Crippen molar-refractivity contribution < 1.29 is 33.0 Å². The van der Waals surface area contributed by atoms with Crippen molar-refractivity contribution in [3.63, 3.8) is 0 Å². The highest BCUT2D eigenvalue weighted by molar-refractivity contribution is 6.51. The molecule has 8 heteroatoms. The van der Waals surface area contributed by atoms with Crippen molar-refractivity contribution in [2.45, 2.75) is 6.04 Å². The third kappa shape index (κ3) is 3.80. The number of carbonyl (C=O) groups is 2. The molecule has 1 saturated heterocycles. The van der Waals surface area contributed by atoms with E-state index < -0.39 is 40.8 Å². The van der Waals surface area contributed by atoms with Gasteiger partial charge in [-0.05, 0) is 35.9 Å². The van der Waals surface area contributed by atoms with E-state index in [9.17, 15) is 23.5 Å². The lowest BCUT2D eigenvalue weighted by Gasteiger charge is -2.25. The minimum Gasteiger partial charge on any atom is -0.507 e. The van der Waals surface area contributed by atoms with E-state index in [0.717, 1.165) is 23.1 Å². The Morgan fingerprint density at radius 3 is 2.27 bits per heavy atom. The van der Waals surface area contributed by atoms with Crippen LogP contribution in [0.15, 0.2) is 72.3 Å². The number of ether oxygens (including phenoxy) is 2. The molecule has 1 heterocycles. The molecule has 0 aromatic heterocycles. The summed E-state index contributed by atoms with van der Waals surface area (Å²) >= 11 is 0. The first-order valence-electron chi connectivity index (χ1n) is 9.90. The van der Waals surface area contributed by atoms with Crippen LogP contribution < -0.4 is 14.4 Å². The van der Waals surface area contributed by atoms with Crippen molar-refractivity contribution in [2.24, 2.45) is 0 Å². The molecule has 168 valence electrons. The molecule has 4 rings (SSSR count). The molecule has 3 aromatic rings. The Kier molecular flexibility index (Phi) is 5.83. The summed E-state index contributed by atoms with van der Waals surface area (Å²) in [7, 11) is 2.86. The van der Waals surface area contributed by atoms with Gasteiger partial charge < -0.3 is 14.6 Å². The number of methoxy groups -OCH3 is 2. The van der Waals surface area contributed by atoms with Gasteiger partial charge in [-0.2, -0.15) is 0 Å². The Bertz CT molecular complexity index is 1270. The number of nitrogens with zero attached hydrogens (tertiary/aromatic N) is 1. The van der Waals surface area contributed by atoms with Crippen molar-refractivity contribution >= 4 is 23.1 Å². The monoisotopic (exact) mass is 451 g/mol. The molecule has 3 aromatic carbocycles. The van der Waals surface area contributed by atoms with Crippen LogP contribution in [0.2, 0.25) is 0 Å². The topological polar surface area (TPSA) is 76.1 Å². The summed E-state index contributed by atoms with van der Waals surface area (Å²) in [6, 6.07) is 14.3. The SMILES string of the molecule is COc1ccc(/C(O)=C2\C(=O)C(=O)N(c3cc(F)ccc3F)C2c2ccccc2)cc1OC. The second-order valence-corrected chi connectivity index (χ2v) is 7.25. The van der Waals surface area contributed by atoms with E-state index >= 15 is 0 Å². The normalized spacial score (nSPS) is 17.3. The number of carbonyl (C=O) groups excluding carboxylic acids is 2. The molecule has 0 bridgehead atoms. The van der Waals surface area contributed by atoms with Gasteiger partial charge in [-0.1, -0.05) is 30.3 Å². The molecule has 1 aliphatic rings. The van der Waals surface area contributed by atoms with E-state index in [1.807, 2.05) is 0 Å². The molecule has 0 saturated carbocycles. The Morgan fingerprint density at radius 1 is 0.909 bits per heavy atom. The third-order valence-corrected chi connectivity index (χ3v) is 5.38. The van der Waals surface area contributed by atoms with Crippen molar-refractivity contribution in [2.75, 3.05) is 19.1 Å². The number of hydrogen-bond donors (Lipinski definition) is 1. The van der Waals surface area contributed by atoms with Crippen LogP contribution in [0.3, 0.4) is 0 Å². The molecule has 6 nitrogen and oxygen atoms in total. The van der Waals surface area contributed by atoms with Gasteiger partial charge in [0, 0.05) is 11.6 Å². The fraction of sp³-hybridized carbons (Fsp3) is 0.120. The zero-order valence-electron chi connectivity index (χ0n) is 17.7. The molecule has 1 atom stereocenters. The highest BCUT2D eigenvalue weighted by Gasteiger charge is 2.47. The number of aliphatic hydroxyl groups excluding tert-OH is 1. The molecular formula is C25H19F2NO5. The van der Waals surface area contributed by atoms with Crippen molar-refractivity contribution in [3.8, 4) is 11.5 Å². The molecular weight excluding hydrogens is 432 g/mol. The average Bonchev–Trinajstić information content (AvgIpc) is 3.10. The number of hydrogen-bond acceptors (Lipinski definition) is 5. The highest BCUT2D eigenvalue weighted by Crippen LogP contribution is 2.43. The van der Waals surface area contributed by atoms with Crippen LogP contribution in [-0.4, -0.2) is 31.0 Å². The van der Waals surface area contributed by atoms with E-state index in [2.05, 4.69) is 0 Å². The minimum atomic E-state index is -1.18. The zero-order valence-corrected chi connectivity index (χ0v) is 17.7. The summed E-state index contributed by atoms with van der Waals surface area (Å²) in [5.41, 5.74) is -0.0481. The second kappa shape index (κ2) is 8.74. The van der Waals surface area contributed by atoms with E-state index in [1.165, 1.54) is 32.4 Å². The van der Waals surface area contributed by atoms with Gasteiger partial charge in [-0.15, -0.1) is 0 Å². The predicted molar refractivity (Wildman–Crippen MR) is 117 cm³/mol. The van der Waals surface area contributed by atoms with Gasteiger partial charge in [0.05, 0.1) is 31.5 Å². The van der Waals surface area contributed by atoms with Crippen LogP contribution in [0.5, 0.6) is 11.5 Å². The first-order chi connectivity index (χ1) is 15.9. The largest absolute Gasteiger partial charge is 0.507 e. The smallest absolute Gasteiger partial charge is 0.300 e. The van der Waals surface area contributed by atoms with Crippen LogP contribution in [0.4, 0.5) is 14.5 Å². The molecule has 0 spiro atoms. The van der Waals surface area contributed by atoms with Crippen LogP contribution in [0.25, 0.3) is 5.76 Å². The number of Topliss-reactive ketones (excluding diaryl/α,β-unsaturated/α-hetero) is 1. The maximum absolute atomic E-state index is 14.7. The first kappa shape index (κ1) is 22.0. The number of aliphatic hydroxyl groups is 1. The number of ketones is 1. The van der Waals surface area contributed by atoms with Crippen LogP contribution >= 0.6 is 0 Å². The average molecular weight is 451 g/mol. The Labute approximate surface area is 188 Å². The molecule has 0 radical (unpaired) electrons. The Balaban J connectivity index is 1.96. The summed E-state index contributed by atoms with van der Waals surface area (Å²) in [5, 5.41) is 11.1. The van der Waals surface area contributed by atoms with E-state index in [4.69, 9.17) is 9.47 Å². The fourth-order valence-corrected chi connectivity index (χ4v) is 3.84. The van der Waals surface area contributed by atoms with Gasteiger partial charge in [0.25, 0.3) is 11.7 Å². The predicted octanol–water partition coefficient (Wildman–Crippen LogP) is 4.61. The van der Waals surface area contributed by atoms with Crippen molar-refractivity contribution in [3.05, 3.63) is 95.1 Å². The van der Waals surface area contributed by atoms with E-state index in [1.54, 1.807) is 30.3 Å². The molecule has 1 amide bonds. The Morgan fingerprint density at radius 2 is 1.61 bits per heavy atom.